The predicted octanol–water partition coefficient (Wildman–Crippen LogP) is 2.83. The maximum Gasteiger partial charge on any atom is 0.309 e. The van der Waals surface area contributed by atoms with Crippen molar-refractivity contribution in [3.8, 4) is 6.07 Å². The van der Waals surface area contributed by atoms with Gasteiger partial charge in [-0.3, -0.25) is 9.59 Å². The molecule has 1 aromatic rings. The Morgan fingerprint density at radius 1 is 1.31 bits per heavy atom. The van der Waals surface area contributed by atoms with Crippen molar-refractivity contribution in [2.24, 2.45) is 17.3 Å². The highest BCUT2D eigenvalue weighted by Gasteiger charge is 2.59. The van der Waals surface area contributed by atoms with Crippen molar-refractivity contribution in [3.05, 3.63) is 21.7 Å². The number of ether oxygens (including phenoxy) is 3. The summed E-state index contributed by atoms with van der Waals surface area (Å²) in [4.78, 5) is 30.5. The number of nitrogens with zero attached hydrogens (tertiary/aromatic N) is 2. The van der Waals surface area contributed by atoms with Gasteiger partial charge in [0, 0.05) is 23.6 Å². The highest BCUT2D eigenvalue weighted by atomic mass is 32.1. The van der Waals surface area contributed by atoms with Crippen LogP contribution in [-0.4, -0.2) is 70.2 Å². The highest BCUT2D eigenvalue weighted by Crippen LogP contribution is 2.41. The number of cyclic esters (lactones) is 1. The van der Waals surface area contributed by atoms with Crippen molar-refractivity contribution in [1.82, 2.24) is 4.98 Å². The quantitative estimate of drug-likeness (QED) is 0.444. The molecule has 2 N–H and O–H groups in total. The molecule has 9 nitrogen and oxygen atoms in total. The number of thiazole rings is 1. The number of hydrogen-bond donors (Lipinski definition) is 2. The molecule has 0 radical (unpaired) electrons. The van der Waals surface area contributed by atoms with Gasteiger partial charge in [-0.15, -0.1) is 11.3 Å². The highest BCUT2D eigenvalue weighted by molar-refractivity contribution is 7.09. The summed E-state index contributed by atoms with van der Waals surface area (Å²) in [5, 5.41) is 34.1. The SMILES string of the molecule is CC(=Cc1csc(C)n1)[C@@H]1C[C@@H]2O[C@@]2(C#N)COC[C@H](C)[C@H](O)[C@@H](C)C(=O)C(C)(C)[C@@H](O)CC(=O)O1. The minimum absolute atomic E-state index is 0.00747. The lowest BCUT2D eigenvalue weighted by molar-refractivity contribution is -0.154. The fraction of sp³-hybridized carbons (Fsp3) is 0.692. The van der Waals surface area contributed by atoms with E-state index in [1.54, 1.807) is 27.7 Å². The molecule has 2 saturated heterocycles. The maximum atomic E-state index is 13.2. The number of epoxide rings is 1. The van der Waals surface area contributed by atoms with Gasteiger partial charge in [0.2, 0.25) is 5.60 Å². The average molecular weight is 521 g/mol. The van der Waals surface area contributed by atoms with E-state index in [0.29, 0.717) is 5.57 Å². The van der Waals surface area contributed by atoms with Crippen molar-refractivity contribution >= 4 is 29.2 Å². The summed E-state index contributed by atoms with van der Waals surface area (Å²) in [7, 11) is 0. The topological polar surface area (TPSA) is 142 Å². The third-order valence-electron chi connectivity index (χ3n) is 7.26. The zero-order chi connectivity index (χ0) is 26.8. The van der Waals surface area contributed by atoms with E-state index in [1.807, 2.05) is 25.3 Å². The van der Waals surface area contributed by atoms with Gasteiger partial charge in [-0.2, -0.15) is 5.26 Å². The van der Waals surface area contributed by atoms with Gasteiger partial charge in [0.15, 0.2) is 0 Å². The number of rotatable bonds is 2. The molecule has 10 heteroatoms. The number of hydrogen-bond acceptors (Lipinski definition) is 10. The van der Waals surface area contributed by atoms with E-state index in [4.69, 9.17) is 14.2 Å². The third kappa shape index (κ3) is 6.21. The Kier molecular flexibility index (Phi) is 8.74. The van der Waals surface area contributed by atoms with E-state index in [0.717, 1.165) is 10.7 Å². The van der Waals surface area contributed by atoms with Gasteiger partial charge in [-0.05, 0) is 25.5 Å². The summed E-state index contributed by atoms with van der Waals surface area (Å²) in [6, 6.07) is 2.17. The lowest BCUT2D eigenvalue weighted by Crippen LogP contribution is -2.46. The van der Waals surface area contributed by atoms with Gasteiger partial charge in [0.05, 0.1) is 48.0 Å². The molecule has 0 aliphatic carbocycles. The fourth-order valence-electron chi connectivity index (χ4n) is 4.52. The molecule has 2 fully saturated rings. The Hall–Kier alpha value is -2.16. The Balaban J connectivity index is 1.89. The van der Waals surface area contributed by atoms with Crippen LogP contribution in [0.2, 0.25) is 0 Å². The normalized spacial score (nSPS) is 36.5. The molecular formula is C26H36N2O7S. The molecule has 2 aliphatic rings. The van der Waals surface area contributed by atoms with Gasteiger partial charge in [0.1, 0.15) is 24.1 Å². The number of esters is 1. The number of aromatic nitrogens is 1. The van der Waals surface area contributed by atoms with E-state index in [1.165, 1.54) is 11.3 Å². The zero-order valence-electron chi connectivity index (χ0n) is 21.7. The Morgan fingerprint density at radius 2 is 2.00 bits per heavy atom. The van der Waals surface area contributed by atoms with Crippen LogP contribution < -0.4 is 0 Å². The number of fused-ring (bicyclic) bond motifs is 1. The summed E-state index contributed by atoms with van der Waals surface area (Å²) >= 11 is 1.50. The first-order valence-corrected chi connectivity index (χ1v) is 13.1. The Labute approximate surface area is 216 Å². The van der Waals surface area contributed by atoms with E-state index in [2.05, 4.69) is 11.1 Å². The van der Waals surface area contributed by atoms with Crippen LogP contribution in [0, 0.1) is 35.5 Å². The Morgan fingerprint density at radius 3 is 2.61 bits per heavy atom. The summed E-state index contributed by atoms with van der Waals surface area (Å²) in [6.07, 6.45) is -1.93. The second-order valence-electron chi connectivity index (χ2n) is 10.6. The summed E-state index contributed by atoms with van der Waals surface area (Å²) in [6.45, 7) is 10.3. The number of nitriles is 1. The molecule has 1 aromatic heterocycles. The van der Waals surface area contributed by atoms with Crippen LogP contribution in [0.25, 0.3) is 6.08 Å². The summed E-state index contributed by atoms with van der Waals surface area (Å²) in [5.41, 5.74) is -1.01. The standard InChI is InChI=1S/C26H36N2O7S/c1-14(7-18-11-36-17(4)28-18)19-8-21-26(12-27,35-21)13-33-10-15(2)23(31)16(3)24(32)25(5,6)20(29)9-22(30)34-19/h7,11,15-16,19-21,23,29,31H,8-10,13H2,1-6H3/t15-,16+,19-,20-,21-,23-,26-/m0/s1. The van der Waals surface area contributed by atoms with E-state index in [-0.39, 0.29) is 25.4 Å². The van der Waals surface area contributed by atoms with Crippen molar-refractivity contribution < 1.29 is 34.0 Å². The number of aryl methyl sites for hydroxylation is 1. The first-order chi connectivity index (χ1) is 16.8. The van der Waals surface area contributed by atoms with Gasteiger partial charge in [-0.25, -0.2) is 4.98 Å². The summed E-state index contributed by atoms with van der Waals surface area (Å²) in [5.74, 6) is -2.24. The molecule has 3 heterocycles. The van der Waals surface area contributed by atoms with E-state index < -0.39 is 59.7 Å². The average Bonchev–Trinajstić information content (AvgIpc) is 3.35. The number of carbonyl (C=O) groups excluding carboxylic acids is 2. The predicted molar refractivity (Wildman–Crippen MR) is 133 cm³/mol. The van der Waals surface area contributed by atoms with Crippen molar-refractivity contribution in [1.29, 1.82) is 5.26 Å². The van der Waals surface area contributed by atoms with Crippen LogP contribution in [0.5, 0.6) is 0 Å². The number of aliphatic hydroxyl groups excluding tert-OH is 2. The monoisotopic (exact) mass is 520 g/mol. The number of Topliss-reactive ketones (excluding diaryl/α,β-unsaturated/α-hetero) is 1. The smallest absolute Gasteiger partial charge is 0.309 e. The maximum absolute atomic E-state index is 13.2. The van der Waals surface area contributed by atoms with Crippen LogP contribution in [-0.2, 0) is 23.8 Å². The van der Waals surface area contributed by atoms with E-state index >= 15 is 0 Å². The van der Waals surface area contributed by atoms with Crippen LogP contribution in [0.1, 0.15) is 58.2 Å². The molecule has 2 aliphatic heterocycles. The zero-order valence-corrected chi connectivity index (χ0v) is 22.5. The van der Waals surface area contributed by atoms with Crippen LogP contribution in [0.15, 0.2) is 11.0 Å². The van der Waals surface area contributed by atoms with Crippen molar-refractivity contribution in [2.45, 2.75) is 84.4 Å². The molecule has 198 valence electrons. The molecule has 0 spiro atoms. The Bertz CT molecular complexity index is 1050. The van der Waals surface area contributed by atoms with Gasteiger partial charge >= 0.3 is 5.97 Å². The van der Waals surface area contributed by atoms with Gasteiger partial charge < -0.3 is 24.4 Å². The number of aliphatic hydroxyl groups is 2. The molecule has 3 rings (SSSR count). The number of carbonyl (C=O) groups is 2. The molecule has 0 aromatic carbocycles. The molecular weight excluding hydrogens is 484 g/mol. The molecule has 0 bridgehead atoms. The van der Waals surface area contributed by atoms with Crippen LogP contribution >= 0.6 is 11.3 Å². The van der Waals surface area contributed by atoms with Crippen LogP contribution in [0.3, 0.4) is 0 Å². The van der Waals surface area contributed by atoms with Crippen LogP contribution in [0.4, 0.5) is 0 Å². The van der Waals surface area contributed by atoms with E-state index in [9.17, 15) is 25.1 Å². The lowest BCUT2D eigenvalue weighted by atomic mass is 9.73. The third-order valence-corrected chi connectivity index (χ3v) is 8.05. The second-order valence-corrected chi connectivity index (χ2v) is 11.6. The number of ketones is 1. The largest absolute Gasteiger partial charge is 0.458 e. The molecule has 7 atom stereocenters. The fourth-order valence-corrected chi connectivity index (χ4v) is 5.09. The minimum Gasteiger partial charge on any atom is -0.458 e. The first kappa shape index (κ1) is 28.4. The van der Waals surface area contributed by atoms with Gasteiger partial charge in [0.25, 0.3) is 0 Å². The second kappa shape index (κ2) is 11.1. The summed E-state index contributed by atoms with van der Waals surface area (Å²) < 4.78 is 17.2. The van der Waals surface area contributed by atoms with Crippen molar-refractivity contribution in [2.75, 3.05) is 13.2 Å². The lowest BCUT2D eigenvalue weighted by Gasteiger charge is -2.34. The first-order valence-electron chi connectivity index (χ1n) is 12.2. The molecule has 36 heavy (non-hydrogen) atoms. The minimum atomic E-state index is -1.31. The molecule has 0 saturated carbocycles. The molecule has 0 unspecified atom stereocenters. The molecule has 0 amide bonds. The van der Waals surface area contributed by atoms with Gasteiger partial charge in [-0.1, -0.05) is 27.7 Å². The van der Waals surface area contributed by atoms with Crippen molar-refractivity contribution in [3.63, 3.8) is 0 Å².